The second kappa shape index (κ2) is 5.00. The predicted molar refractivity (Wildman–Crippen MR) is 75.0 cm³/mol. The summed E-state index contributed by atoms with van der Waals surface area (Å²) in [5.41, 5.74) is 5.71. The molecule has 2 N–H and O–H groups in total. The van der Waals surface area contributed by atoms with Crippen molar-refractivity contribution in [1.29, 1.82) is 0 Å². The van der Waals surface area contributed by atoms with Gasteiger partial charge in [0.15, 0.2) is 0 Å². The normalized spacial score (nSPS) is 19.5. The van der Waals surface area contributed by atoms with Gasteiger partial charge in [-0.25, -0.2) is 12.8 Å². The number of nitrogens with zero attached hydrogens (tertiary/aromatic N) is 1. The van der Waals surface area contributed by atoms with Crippen molar-refractivity contribution < 1.29 is 12.8 Å². The van der Waals surface area contributed by atoms with Gasteiger partial charge < -0.3 is 5.73 Å². The SMILES string of the molecule is Nc1ccc(S(=O)(=O)N(CC2CC2)CC2CC2)c(F)c1. The van der Waals surface area contributed by atoms with E-state index in [1.54, 1.807) is 0 Å². The highest BCUT2D eigenvalue weighted by atomic mass is 32.2. The van der Waals surface area contributed by atoms with Crippen LogP contribution in [0.15, 0.2) is 23.1 Å². The Labute approximate surface area is 118 Å². The van der Waals surface area contributed by atoms with E-state index in [0.717, 1.165) is 31.7 Å². The number of nitrogens with two attached hydrogens (primary N) is 1. The fraction of sp³-hybridized carbons (Fsp3) is 0.571. The van der Waals surface area contributed by atoms with Crippen LogP contribution in [0, 0.1) is 17.7 Å². The number of hydrogen-bond donors (Lipinski definition) is 1. The van der Waals surface area contributed by atoms with Crippen LogP contribution in [-0.2, 0) is 10.0 Å². The van der Waals surface area contributed by atoms with E-state index in [0.29, 0.717) is 24.9 Å². The number of hydrogen-bond acceptors (Lipinski definition) is 3. The maximum atomic E-state index is 13.9. The summed E-state index contributed by atoms with van der Waals surface area (Å²) in [5, 5.41) is 0. The molecule has 2 saturated carbocycles. The average Bonchev–Trinajstić information content (AvgIpc) is 3.22. The van der Waals surface area contributed by atoms with Crippen LogP contribution in [0.4, 0.5) is 10.1 Å². The number of halogens is 1. The standard InChI is InChI=1S/C14H19FN2O2S/c15-13-7-12(16)5-6-14(13)20(18,19)17(8-10-1-2-10)9-11-3-4-11/h5-7,10-11H,1-4,8-9,16H2. The maximum absolute atomic E-state index is 13.9. The lowest BCUT2D eigenvalue weighted by Gasteiger charge is -2.22. The molecule has 0 spiro atoms. The Hall–Kier alpha value is -1.14. The third-order valence-electron chi connectivity index (χ3n) is 3.89. The van der Waals surface area contributed by atoms with E-state index in [-0.39, 0.29) is 10.6 Å². The zero-order valence-corrected chi connectivity index (χ0v) is 12.1. The molecule has 0 unspecified atom stereocenters. The summed E-state index contributed by atoms with van der Waals surface area (Å²) in [6.45, 7) is 1.03. The van der Waals surface area contributed by atoms with E-state index in [2.05, 4.69) is 0 Å². The van der Waals surface area contributed by atoms with Crippen LogP contribution in [0.2, 0.25) is 0 Å². The van der Waals surface area contributed by atoms with Crippen molar-refractivity contribution in [2.24, 2.45) is 11.8 Å². The minimum absolute atomic E-state index is 0.234. The smallest absolute Gasteiger partial charge is 0.246 e. The minimum Gasteiger partial charge on any atom is -0.399 e. The van der Waals surface area contributed by atoms with E-state index in [4.69, 9.17) is 5.73 Å². The van der Waals surface area contributed by atoms with Gasteiger partial charge in [-0.1, -0.05) is 0 Å². The number of nitrogen functional groups attached to an aromatic ring is 1. The van der Waals surface area contributed by atoms with Gasteiger partial charge in [-0.15, -0.1) is 0 Å². The van der Waals surface area contributed by atoms with Gasteiger partial charge >= 0.3 is 0 Å². The van der Waals surface area contributed by atoms with Gasteiger partial charge in [0.05, 0.1) is 0 Å². The Balaban J connectivity index is 1.89. The van der Waals surface area contributed by atoms with Crippen molar-refractivity contribution in [2.75, 3.05) is 18.8 Å². The Morgan fingerprint density at radius 1 is 1.15 bits per heavy atom. The first kappa shape index (κ1) is 13.8. The first-order valence-electron chi connectivity index (χ1n) is 7.02. The molecule has 1 aromatic rings. The van der Waals surface area contributed by atoms with Crippen LogP contribution in [0.5, 0.6) is 0 Å². The molecule has 0 bridgehead atoms. The minimum atomic E-state index is -3.76. The van der Waals surface area contributed by atoms with E-state index in [1.165, 1.54) is 16.4 Å². The lowest BCUT2D eigenvalue weighted by molar-refractivity contribution is 0.379. The largest absolute Gasteiger partial charge is 0.399 e. The first-order chi connectivity index (χ1) is 9.46. The average molecular weight is 298 g/mol. The molecule has 20 heavy (non-hydrogen) atoms. The van der Waals surface area contributed by atoms with Gasteiger partial charge in [0.1, 0.15) is 10.7 Å². The highest BCUT2D eigenvalue weighted by Gasteiger charge is 2.36. The molecule has 0 saturated heterocycles. The molecule has 6 heteroatoms. The molecule has 4 nitrogen and oxygen atoms in total. The monoisotopic (exact) mass is 298 g/mol. The summed E-state index contributed by atoms with van der Waals surface area (Å²) in [7, 11) is -3.76. The van der Waals surface area contributed by atoms with Crippen molar-refractivity contribution >= 4 is 15.7 Å². The molecule has 0 aromatic heterocycles. The number of rotatable bonds is 6. The number of sulfonamides is 1. The predicted octanol–water partition coefficient (Wildman–Crippen LogP) is 2.22. The molecule has 2 fully saturated rings. The molecule has 2 aliphatic carbocycles. The lowest BCUT2D eigenvalue weighted by Crippen LogP contribution is -2.35. The van der Waals surface area contributed by atoms with E-state index >= 15 is 0 Å². The summed E-state index contributed by atoms with van der Waals surface area (Å²) in [5.74, 6) is 0.127. The van der Waals surface area contributed by atoms with Crippen molar-refractivity contribution in [3.8, 4) is 0 Å². The summed E-state index contributed by atoms with van der Waals surface area (Å²) in [6, 6.07) is 3.77. The molecule has 2 aliphatic rings. The molecule has 3 rings (SSSR count). The first-order valence-corrected chi connectivity index (χ1v) is 8.46. The van der Waals surface area contributed by atoms with Gasteiger partial charge in [-0.3, -0.25) is 0 Å². The zero-order valence-electron chi connectivity index (χ0n) is 11.3. The second-order valence-electron chi connectivity index (χ2n) is 5.90. The fourth-order valence-corrected chi connectivity index (χ4v) is 3.95. The van der Waals surface area contributed by atoms with Crippen LogP contribution in [0.1, 0.15) is 25.7 Å². The highest BCUT2D eigenvalue weighted by Crippen LogP contribution is 2.36. The second-order valence-corrected chi connectivity index (χ2v) is 7.80. The van der Waals surface area contributed by atoms with E-state index in [9.17, 15) is 12.8 Å². The van der Waals surface area contributed by atoms with Crippen molar-refractivity contribution in [2.45, 2.75) is 30.6 Å². The third-order valence-corrected chi connectivity index (χ3v) is 5.76. The third kappa shape index (κ3) is 2.96. The van der Waals surface area contributed by atoms with Crippen molar-refractivity contribution in [3.63, 3.8) is 0 Å². The van der Waals surface area contributed by atoms with Crippen molar-refractivity contribution in [1.82, 2.24) is 4.31 Å². The van der Waals surface area contributed by atoms with Gasteiger partial charge in [-0.2, -0.15) is 4.31 Å². The van der Waals surface area contributed by atoms with E-state index < -0.39 is 15.8 Å². The Kier molecular flexibility index (Phi) is 3.46. The quantitative estimate of drug-likeness (QED) is 0.819. The molecule has 0 heterocycles. The van der Waals surface area contributed by atoms with Crippen LogP contribution < -0.4 is 5.73 Å². The van der Waals surface area contributed by atoms with Gasteiger partial charge in [0.25, 0.3) is 0 Å². The highest BCUT2D eigenvalue weighted by molar-refractivity contribution is 7.89. The maximum Gasteiger partial charge on any atom is 0.246 e. The summed E-state index contributed by atoms with van der Waals surface area (Å²) in [4.78, 5) is -0.256. The number of anilines is 1. The van der Waals surface area contributed by atoms with Gasteiger partial charge in [0.2, 0.25) is 10.0 Å². The molecule has 0 amide bonds. The molecular formula is C14H19FN2O2S. The van der Waals surface area contributed by atoms with Gasteiger partial charge in [-0.05, 0) is 55.7 Å². The molecule has 110 valence electrons. The Morgan fingerprint density at radius 3 is 2.15 bits per heavy atom. The fourth-order valence-electron chi connectivity index (χ4n) is 2.31. The van der Waals surface area contributed by atoms with Crippen LogP contribution in [0.25, 0.3) is 0 Å². The summed E-state index contributed by atoms with van der Waals surface area (Å²) in [6.07, 6.45) is 4.28. The Morgan fingerprint density at radius 2 is 1.70 bits per heavy atom. The Bertz CT molecular complexity index is 596. The van der Waals surface area contributed by atoms with Crippen molar-refractivity contribution in [3.05, 3.63) is 24.0 Å². The molecule has 1 aromatic carbocycles. The zero-order chi connectivity index (χ0) is 14.3. The van der Waals surface area contributed by atoms with Crippen LogP contribution in [-0.4, -0.2) is 25.8 Å². The van der Waals surface area contributed by atoms with E-state index in [1.807, 2.05) is 0 Å². The lowest BCUT2D eigenvalue weighted by atomic mass is 10.3. The molecular weight excluding hydrogens is 279 g/mol. The molecule has 0 aliphatic heterocycles. The number of benzene rings is 1. The molecule has 0 radical (unpaired) electrons. The summed E-state index contributed by atoms with van der Waals surface area (Å²) < 4.78 is 40.7. The summed E-state index contributed by atoms with van der Waals surface area (Å²) >= 11 is 0. The van der Waals surface area contributed by atoms with Gasteiger partial charge in [0, 0.05) is 18.8 Å². The van der Waals surface area contributed by atoms with Crippen LogP contribution >= 0.6 is 0 Å². The molecule has 0 atom stereocenters. The van der Waals surface area contributed by atoms with Crippen LogP contribution in [0.3, 0.4) is 0 Å². The topological polar surface area (TPSA) is 63.4 Å².